The van der Waals surface area contributed by atoms with Crippen molar-refractivity contribution in [1.82, 2.24) is 14.7 Å². The summed E-state index contributed by atoms with van der Waals surface area (Å²) in [6, 6.07) is 12.1. The number of carbonyl (C=O) groups excluding carboxylic acids is 2. The van der Waals surface area contributed by atoms with Crippen LogP contribution in [0.15, 0.2) is 48.2 Å². The number of hydrogen-bond acceptors (Lipinski definition) is 4. The lowest BCUT2D eigenvalue weighted by molar-refractivity contribution is -0.138. The van der Waals surface area contributed by atoms with E-state index >= 15 is 0 Å². The van der Waals surface area contributed by atoms with Crippen molar-refractivity contribution in [3.8, 4) is 0 Å². The largest absolute Gasteiger partial charge is 0.366 e. The van der Waals surface area contributed by atoms with Gasteiger partial charge < -0.3 is 9.80 Å². The number of piperidine rings is 1. The van der Waals surface area contributed by atoms with Gasteiger partial charge in [0.15, 0.2) is 0 Å². The number of rotatable bonds is 5. The Morgan fingerprint density at radius 2 is 1.66 bits per heavy atom. The van der Waals surface area contributed by atoms with Crippen molar-refractivity contribution in [2.45, 2.75) is 39.3 Å². The maximum Gasteiger partial charge on any atom is 0.278 e. The van der Waals surface area contributed by atoms with Gasteiger partial charge in [0.25, 0.3) is 11.8 Å². The summed E-state index contributed by atoms with van der Waals surface area (Å²) in [7, 11) is 4.03. The lowest BCUT2D eigenvalue weighted by Gasteiger charge is -2.36. The van der Waals surface area contributed by atoms with Crippen LogP contribution in [0.2, 0.25) is 0 Å². The summed E-state index contributed by atoms with van der Waals surface area (Å²) < 4.78 is 13.3. The summed E-state index contributed by atoms with van der Waals surface area (Å²) in [5.74, 6) is -0.915. The SMILES string of the molecule is Cc1ccc(C2=C(N(C)C3CCN(C)CC3)C(=O)N(Cc3ccc(F)cc3)C2=O)c(C)c1. The van der Waals surface area contributed by atoms with Gasteiger partial charge >= 0.3 is 0 Å². The average Bonchev–Trinajstić information content (AvgIpc) is 3.00. The predicted octanol–water partition coefficient (Wildman–Crippen LogP) is 3.75. The van der Waals surface area contributed by atoms with E-state index in [0.717, 1.165) is 48.2 Å². The van der Waals surface area contributed by atoms with Crippen molar-refractivity contribution in [3.63, 3.8) is 0 Å². The van der Waals surface area contributed by atoms with Gasteiger partial charge in [-0.1, -0.05) is 35.9 Å². The minimum Gasteiger partial charge on any atom is -0.366 e. The zero-order chi connectivity index (χ0) is 23.0. The maximum absolute atomic E-state index is 13.6. The highest BCUT2D eigenvalue weighted by atomic mass is 19.1. The van der Waals surface area contributed by atoms with Crippen LogP contribution in [0.3, 0.4) is 0 Å². The van der Waals surface area contributed by atoms with Gasteiger partial charge in [-0.3, -0.25) is 14.5 Å². The first-order chi connectivity index (χ1) is 15.3. The Labute approximate surface area is 189 Å². The minimum atomic E-state index is -0.343. The molecular formula is C26H30FN3O2. The summed E-state index contributed by atoms with van der Waals surface area (Å²) in [5.41, 5.74) is 4.53. The smallest absolute Gasteiger partial charge is 0.278 e. The second kappa shape index (κ2) is 8.87. The molecule has 6 heteroatoms. The van der Waals surface area contributed by atoms with Gasteiger partial charge in [0.1, 0.15) is 11.5 Å². The normalized spacial score (nSPS) is 18.1. The molecule has 0 radical (unpaired) electrons. The number of aryl methyl sites for hydroxylation is 2. The van der Waals surface area contributed by atoms with E-state index in [-0.39, 0.29) is 30.2 Å². The van der Waals surface area contributed by atoms with Gasteiger partial charge in [0.2, 0.25) is 0 Å². The van der Waals surface area contributed by atoms with Gasteiger partial charge in [0.05, 0.1) is 12.1 Å². The molecule has 0 aliphatic carbocycles. The van der Waals surface area contributed by atoms with Crippen molar-refractivity contribution in [1.29, 1.82) is 0 Å². The Hall–Kier alpha value is -2.99. The second-order valence-corrected chi connectivity index (χ2v) is 9.01. The highest BCUT2D eigenvalue weighted by Crippen LogP contribution is 2.35. The molecule has 0 spiro atoms. The van der Waals surface area contributed by atoms with E-state index < -0.39 is 0 Å². The fraction of sp³-hybridized carbons (Fsp3) is 0.385. The molecule has 0 aromatic heterocycles. The van der Waals surface area contributed by atoms with E-state index in [4.69, 9.17) is 0 Å². The highest BCUT2D eigenvalue weighted by Gasteiger charge is 2.42. The molecule has 2 amide bonds. The number of halogens is 1. The van der Waals surface area contributed by atoms with Gasteiger partial charge in [-0.25, -0.2) is 4.39 Å². The quantitative estimate of drug-likeness (QED) is 0.671. The molecule has 1 fully saturated rings. The van der Waals surface area contributed by atoms with Crippen molar-refractivity contribution in [3.05, 3.63) is 76.2 Å². The number of hydrogen-bond donors (Lipinski definition) is 0. The predicted molar refractivity (Wildman–Crippen MR) is 123 cm³/mol. The Morgan fingerprint density at radius 3 is 2.28 bits per heavy atom. The molecule has 0 unspecified atom stereocenters. The van der Waals surface area contributed by atoms with Gasteiger partial charge in [0, 0.05) is 13.1 Å². The standard InChI is InChI=1S/C26H30FN3O2/c1-17-5-10-22(18(2)15-17)23-24(29(4)21-11-13-28(3)14-12-21)26(32)30(25(23)31)16-19-6-8-20(27)9-7-19/h5-10,15,21H,11-14,16H2,1-4H3. The van der Waals surface area contributed by atoms with Crippen molar-refractivity contribution < 1.29 is 14.0 Å². The fourth-order valence-electron chi connectivity index (χ4n) is 4.71. The van der Waals surface area contributed by atoms with E-state index in [1.54, 1.807) is 12.1 Å². The van der Waals surface area contributed by atoms with E-state index in [0.29, 0.717) is 11.3 Å². The molecule has 4 rings (SSSR count). The first kappa shape index (κ1) is 22.2. The zero-order valence-electron chi connectivity index (χ0n) is 19.2. The topological polar surface area (TPSA) is 43.9 Å². The van der Waals surface area contributed by atoms with E-state index in [9.17, 15) is 14.0 Å². The minimum absolute atomic E-state index is 0.122. The van der Waals surface area contributed by atoms with E-state index in [1.165, 1.54) is 17.0 Å². The molecule has 2 aromatic carbocycles. The van der Waals surface area contributed by atoms with Crippen LogP contribution in [0.1, 0.15) is 35.1 Å². The molecule has 2 aliphatic heterocycles. The zero-order valence-corrected chi connectivity index (χ0v) is 19.2. The number of benzene rings is 2. The summed E-state index contributed by atoms with van der Waals surface area (Å²) in [6.07, 6.45) is 1.88. The van der Waals surface area contributed by atoms with Gasteiger partial charge in [-0.15, -0.1) is 0 Å². The summed E-state index contributed by atoms with van der Waals surface area (Å²) in [5, 5.41) is 0. The van der Waals surface area contributed by atoms with Crippen molar-refractivity contribution in [2.75, 3.05) is 27.2 Å². The molecule has 0 atom stereocenters. The van der Waals surface area contributed by atoms with Crippen LogP contribution in [0.25, 0.3) is 5.57 Å². The summed E-state index contributed by atoms with van der Waals surface area (Å²) in [4.78, 5) is 32.8. The first-order valence-corrected chi connectivity index (χ1v) is 11.1. The lowest BCUT2D eigenvalue weighted by Crippen LogP contribution is -2.43. The monoisotopic (exact) mass is 435 g/mol. The van der Waals surface area contributed by atoms with Crippen LogP contribution in [0.4, 0.5) is 4.39 Å². The Balaban J connectivity index is 1.74. The Kier molecular flexibility index (Phi) is 6.15. The highest BCUT2D eigenvalue weighted by molar-refractivity contribution is 6.35. The van der Waals surface area contributed by atoms with Gasteiger partial charge in [-0.2, -0.15) is 0 Å². The number of amides is 2. The fourth-order valence-corrected chi connectivity index (χ4v) is 4.71. The molecule has 32 heavy (non-hydrogen) atoms. The second-order valence-electron chi connectivity index (χ2n) is 9.01. The van der Waals surface area contributed by atoms with Crippen LogP contribution in [0.5, 0.6) is 0 Å². The number of likely N-dealkylation sites (tertiary alicyclic amines) is 1. The van der Waals surface area contributed by atoms with Crippen LogP contribution >= 0.6 is 0 Å². The molecule has 2 heterocycles. The molecule has 2 aromatic rings. The first-order valence-electron chi connectivity index (χ1n) is 11.1. The lowest BCUT2D eigenvalue weighted by atomic mass is 9.96. The van der Waals surface area contributed by atoms with Crippen LogP contribution < -0.4 is 0 Å². The number of imide groups is 1. The molecule has 2 aliphatic rings. The molecule has 1 saturated heterocycles. The maximum atomic E-state index is 13.6. The molecule has 0 saturated carbocycles. The summed E-state index contributed by atoms with van der Waals surface area (Å²) >= 11 is 0. The molecule has 0 N–H and O–H groups in total. The van der Waals surface area contributed by atoms with E-state index in [1.807, 2.05) is 44.0 Å². The third-order valence-electron chi connectivity index (χ3n) is 6.64. The van der Waals surface area contributed by atoms with E-state index in [2.05, 4.69) is 11.9 Å². The van der Waals surface area contributed by atoms with Gasteiger partial charge in [-0.05, 0) is 75.6 Å². The summed E-state index contributed by atoms with van der Waals surface area (Å²) in [6.45, 7) is 6.03. The third-order valence-corrected chi connectivity index (χ3v) is 6.64. The molecule has 5 nitrogen and oxygen atoms in total. The Morgan fingerprint density at radius 1 is 1.00 bits per heavy atom. The number of nitrogens with zero attached hydrogens (tertiary/aromatic N) is 3. The molecule has 0 bridgehead atoms. The van der Waals surface area contributed by atoms with Crippen LogP contribution in [0, 0.1) is 19.7 Å². The van der Waals surface area contributed by atoms with Crippen LogP contribution in [-0.2, 0) is 16.1 Å². The average molecular weight is 436 g/mol. The Bertz CT molecular complexity index is 1070. The van der Waals surface area contributed by atoms with Crippen molar-refractivity contribution in [2.24, 2.45) is 0 Å². The number of carbonyl (C=O) groups is 2. The van der Waals surface area contributed by atoms with Crippen LogP contribution in [-0.4, -0.2) is 59.7 Å². The van der Waals surface area contributed by atoms with Crippen molar-refractivity contribution >= 4 is 17.4 Å². The third kappa shape index (κ3) is 4.19. The molecule has 168 valence electrons. The molecular weight excluding hydrogens is 405 g/mol. The number of likely N-dealkylation sites (N-methyl/N-ethyl adjacent to an activating group) is 1.